The lowest BCUT2D eigenvalue weighted by atomic mass is 9.88. The predicted molar refractivity (Wildman–Crippen MR) is 121 cm³/mol. The van der Waals surface area contributed by atoms with Crippen LogP contribution in [0.2, 0.25) is 0 Å². The lowest BCUT2D eigenvalue weighted by molar-refractivity contribution is -0.00501. The fourth-order valence-corrected chi connectivity index (χ4v) is 3.26. The van der Waals surface area contributed by atoms with Crippen LogP contribution in [0.3, 0.4) is 0 Å². The van der Waals surface area contributed by atoms with E-state index in [4.69, 9.17) is 4.74 Å². The highest BCUT2D eigenvalue weighted by molar-refractivity contribution is 14.0. The van der Waals surface area contributed by atoms with Crippen molar-refractivity contribution in [1.82, 2.24) is 15.5 Å². The van der Waals surface area contributed by atoms with E-state index in [1.165, 1.54) is 11.1 Å². The van der Waals surface area contributed by atoms with Gasteiger partial charge in [-0.05, 0) is 45.3 Å². The molecule has 1 fully saturated rings. The molecule has 0 saturated carbocycles. The molecule has 1 aliphatic heterocycles. The highest BCUT2D eigenvalue weighted by Crippen LogP contribution is 2.25. The normalized spacial score (nSPS) is 18.2. The number of aryl methyl sites for hydroxylation is 1. The van der Waals surface area contributed by atoms with E-state index in [-0.39, 0.29) is 29.5 Å². The van der Waals surface area contributed by atoms with Crippen molar-refractivity contribution in [2.75, 3.05) is 47.4 Å². The van der Waals surface area contributed by atoms with Gasteiger partial charge in [-0.25, -0.2) is 0 Å². The largest absolute Gasteiger partial charge is 0.381 e. The Morgan fingerprint density at radius 3 is 2.35 bits per heavy atom. The molecule has 0 amide bonds. The van der Waals surface area contributed by atoms with Crippen LogP contribution in [-0.2, 0) is 4.74 Å². The number of nitrogens with one attached hydrogen (secondary N) is 2. The number of guanidine groups is 1. The summed E-state index contributed by atoms with van der Waals surface area (Å²) in [6, 6.07) is 8.76. The zero-order valence-electron chi connectivity index (χ0n) is 16.8. The van der Waals surface area contributed by atoms with Gasteiger partial charge in [0.2, 0.25) is 0 Å². The van der Waals surface area contributed by atoms with Gasteiger partial charge in [0.15, 0.2) is 5.96 Å². The Morgan fingerprint density at radius 1 is 1.19 bits per heavy atom. The molecule has 0 aliphatic carbocycles. The molecule has 1 unspecified atom stereocenters. The number of likely N-dealkylation sites (N-methyl/N-ethyl adjacent to an activating group) is 1. The van der Waals surface area contributed by atoms with Crippen molar-refractivity contribution in [1.29, 1.82) is 0 Å². The molecule has 1 atom stereocenters. The van der Waals surface area contributed by atoms with Gasteiger partial charge in [-0.2, -0.15) is 0 Å². The summed E-state index contributed by atoms with van der Waals surface area (Å²) in [5, 5.41) is 6.99. The summed E-state index contributed by atoms with van der Waals surface area (Å²) in [4.78, 5) is 6.71. The molecule has 0 spiro atoms. The van der Waals surface area contributed by atoms with Gasteiger partial charge in [0.1, 0.15) is 0 Å². The molecule has 0 radical (unpaired) electrons. The number of benzene rings is 1. The highest BCUT2D eigenvalue weighted by Gasteiger charge is 2.34. The van der Waals surface area contributed by atoms with E-state index in [0.29, 0.717) is 5.92 Å². The topological polar surface area (TPSA) is 48.9 Å². The average Bonchev–Trinajstić information content (AvgIpc) is 2.63. The van der Waals surface area contributed by atoms with Gasteiger partial charge < -0.3 is 20.3 Å². The summed E-state index contributed by atoms with van der Waals surface area (Å²) in [5.74, 6) is 1.30. The third-order valence-corrected chi connectivity index (χ3v) is 5.40. The van der Waals surface area contributed by atoms with Crippen LogP contribution in [0.25, 0.3) is 0 Å². The highest BCUT2D eigenvalue weighted by atomic mass is 127. The van der Waals surface area contributed by atoms with Crippen LogP contribution in [0, 0.1) is 6.92 Å². The molecule has 1 heterocycles. The summed E-state index contributed by atoms with van der Waals surface area (Å²) in [7, 11) is 6.14. The molecule has 2 rings (SSSR count). The minimum atomic E-state index is 0. The van der Waals surface area contributed by atoms with Gasteiger partial charge >= 0.3 is 0 Å². The van der Waals surface area contributed by atoms with Gasteiger partial charge in [0.25, 0.3) is 0 Å². The standard InChI is InChI=1S/C20H34N4O.HI/c1-16-6-8-18(9-7-16)17(2)14-22-19(21-3)23-15-20(24(4)5)10-12-25-13-11-20;/h6-9,17H,10-15H2,1-5H3,(H2,21,22,23);1H. The minimum absolute atomic E-state index is 0. The SMILES string of the molecule is CN=C(NCC(C)c1ccc(C)cc1)NCC1(N(C)C)CCOCC1.I. The number of hydrogen-bond donors (Lipinski definition) is 2. The first kappa shape index (κ1) is 23.2. The van der Waals surface area contributed by atoms with Gasteiger partial charge in [-0.15, -0.1) is 24.0 Å². The Morgan fingerprint density at radius 2 is 1.81 bits per heavy atom. The summed E-state index contributed by atoms with van der Waals surface area (Å²) in [5.41, 5.74) is 2.79. The van der Waals surface area contributed by atoms with E-state index in [9.17, 15) is 0 Å². The maximum atomic E-state index is 5.54. The van der Waals surface area contributed by atoms with Crippen LogP contribution >= 0.6 is 24.0 Å². The molecule has 1 aromatic rings. The van der Waals surface area contributed by atoms with Gasteiger partial charge in [0, 0.05) is 38.9 Å². The number of aliphatic imine (C=N–C) groups is 1. The molecule has 1 saturated heterocycles. The summed E-state index contributed by atoms with van der Waals surface area (Å²) < 4.78 is 5.54. The maximum Gasteiger partial charge on any atom is 0.191 e. The molecule has 0 aromatic heterocycles. The minimum Gasteiger partial charge on any atom is -0.381 e. The molecule has 2 N–H and O–H groups in total. The van der Waals surface area contributed by atoms with Crippen molar-refractivity contribution in [3.05, 3.63) is 35.4 Å². The Kier molecular flexibility index (Phi) is 9.89. The first-order valence-corrected chi connectivity index (χ1v) is 9.23. The number of hydrogen-bond acceptors (Lipinski definition) is 3. The predicted octanol–water partition coefficient (Wildman–Crippen LogP) is 2.99. The van der Waals surface area contributed by atoms with Crippen molar-refractivity contribution >= 4 is 29.9 Å². The van der Waals surface area contributed by atoms with Crippen molar-refractivity contribution in [2.45, 2.75) is 38.1 Å². The third kappa shape index (κ3) is 6.39. The number of rotatable bonds is 6. The second-order valence-corrected chi connectivity index (χ2v) is 7.35. The van der Waals surface area contributed by atoms with Crippen molar-refractivity contribution in [3.8, 4) is 0 Å². The Hall–Kier alpha value is -0.860. The van der Waals surface area contributed by atoms with Crippen molar-refractivity contribution in [3.63, 3.8) is 0 Å². The molecule has 1 aliphatic rings. The number of halogens is 1. The van der Waals surface area contributed by atoms with Crippen molar-refractivity contribution in [2.24, 2.45) is 4.99 Å². The zero-order valence-corrected chi connectivity index (χ0v) is 19.2. The second-order valence-electron chi connectivity index (χ2n) is 7.35. The fourth-order valence-electron chi connectivity index (χ4n) is 3.26. The maximum absolute atomic E-state index is 5.54. The molecule has 26 heavy (non-hydrogen) atoms. The lowest BCUT2D eigenvalue weighted by Crippen LogP contribution is -2.57. The fraction of sp³-hybridized carbons (Fsp3) is 0.650. The van der Waals surface area contributed by atoms with Crippen LogP contribution in [0.4, 0.5) is 0 Å². The van der Waals surface area contributed by atoms with Crippen molar-refractivity contribution < 1.29 is 4.74 Å². The molecular weight excluding hydrogens is 439 g/mol. The lowest BCUT2D eigenvalue weighted by Gasteiger charge is -2.43. The average molecular weight is 474 g/mol. The first-order valence-electron chi connectivity index (χ1n) is 9.23. The van der Waals surface area contributed by atoms with E-state index < -0.39 is 0 Å². The number of nitrogens with zero attached hydrogens (tertiary/aromatic N) is 2. The van der Waals surface area contributed by atoms with Crippen LogP contribution < -0.4 is 10.6 Å². The Bertz CT molecular complexity index is 553. The third-order valence-electron chi connectivity index (χ3n) is 5.40. The van der Waals surface area contributed by atoms with Crippen LogP contribution in [0.5, 0.6) is 0 Å². The smallest absolute Gasteiger partial charge is 0.191 e. The molecule has 148 valence electrons. The van der Waals surface area contributed by atoms with E-state index in [1.54, 1.807) is 0 Å². The molecular formula is C20H35IN4O. The first-order chi connectivity index (χ1) is 12.0. The second kappa shape index (κ2) is 11.1. The monoisotopic (exact) mass is 474 g/mol. The van der Waals surface area contributed by atoms with Crippen LogP contribution in [-0.4, -0.2) is 63.8 Å². The quantitative estimate of drug-likeness (QED) is 0.378. The Labute approximate surface area is 176 Å². The molecule has 5 nitrogen and oxygen atoms in total. The van der Waals surface area contributed by atoms with E-state index in [0.717, 1.165) is 45.1 Å². The van der Waals surface area contributed by atoms with Gasteiger partial charge in [-0.3, -0.25) is 4.99 Å². The Balaban J connectivity index is 0.00000338. The molecule has 1 aromatic carbocycles. The zero-order chi connectivity index (χ0) is 18.3. The molecule has 6 heteroatoms. The van der Waals surface area contributed by atoms with Crippen LogP contribution in [0.15, 0.2) is 29.3 Å². The number of ether oxygens (including phenoxy) is 1. The summed E-state index contributed by atoms with van der Waals surface area (Å²) >= 11 is 0. The van der Waals surface area contributed by atoms with Crippen LogP contribution in [0.1, 0.15) is 36.8 Å². The summed E-state index contributed by atoms with van der Waals surface area (Å²) in [6.45, 7) is 7.76. The van der Waals surface area contributed by atoms with E-state index in [2.05, 4.69) is 72.7 Å². The molecule has 0 bridgehead atoms. The van der Waals surface area contributed by atoms with Gasteiger partial charge in [-0.1, -0.05) is 36.8 Å². The van der Waals surface area contributed by atoms with Gasteiger partial charge in [0.05, 0.1) is 0 Å². The summed E-state index contributed by atoms with van der Waals surface area (Å²) in [6.07, 6.45) is 2.09. The van der Waals surface area contributed by atoms with E-state index in [1.807, 2.05) is 7.05 Å². The van der Waals surface area contributed by atoms with E-state index >= 15 is 0 Å².